The summed E-state index contributed by atoms with van der Waals surface area (Å²) in [5.41, 5.74) is 2.15. The van der Waals surface area contributed by atoms with Crippen LogP contribution in [-0.2, 0) is 5.41 Å². The quantitative estimate of drug-likeness (QED) is 0.732. The topological polar surface area (TPSA) is 17.1 Å². The minimum Gasteiger partial charge on any atom is -0.293 e. The van der Waals surface area contributed by atoms with Crippen molar-refractivity contribution < 1.29 is 4.79 Å². The molecule has 18 heavy (non-hydrogen) atoms. The summed E-state index contributed by atoms with van der Waals surface area (Å²) >= 11 is 1.84. The second-order valence-corrected chi connectivity index (χ2v) is 7.33. The molecule has 0 aliphatic carbocycles. The van der Waals surface area contributed by atoms with Crippen LogP contribution in [0.4, 0.5) is 0 Å². The van der Waals surface area contributed by atoms with Crippen LogP contribution in [0.15, 0.2) is 24.3 Å². The monoisotopic (exact) mass is 262 g/mol. The van der Waals surface area contributed by atoms with E-state index in [0.717, 1.165) is 17.7 Å². The van der Waals surface area contributed by atoms with E-state index in [9.17, 15) is 4.79 Å². The molecule has 98 valence electrons. The average molecular weight is 262 g/mol. The van der Waals surface area contributed by atoms with E-state index >= 15 is 0 Å². The van der Waals surface area contributed by atoms with E-state index in [1.54, 1.807) is 0 Å². The molecule has 1 heterocycles. The Morgan fingerprint density at radius 1 is 1.22 bits per heavy atom. The van der Waals surface area contributed by atoms with Crippen LogP contribution in [-0.4, -0.2) is 16.8 Å². The van der Waals surface area contributed by atoms with E-state index in [4.69, 9.17) is 0 Å². The van der Waals surface area contributed by atoms with Gasteiger partial charge in [-0.15, -0.1) is 0 Å². The van der Waals surface area contributed by atoms with E-state index in [1.165, 1.54) is 18.4 Å². The van der Waals surface area contributed by atoms with Gasteiger partial charge >= 0.3 is 0 Å². The van der Waals surface area contributed by atoms with Crippen molar-refractivity contribution in [2.45, 2.75) is 50.7 Å². The molecule has 1 saturated heterocycles. The zero-order valence-electron chi connectivity index (χ0n) is 11.5. The van der Waals surface area contributed by atoms with Gasteiger partial charge in [-0.05, 0) is 29.6 Å². The Hall–Kier alpha value is -0.760. The first kappa shape index (κ1) is 13.7. The highest BCUT2D eigenvalue weighted by Crippen LogP contribution is 2.32. The molecule has 0 saturated carbocycles. The molecule has 1 nitrogen and oxygen atoms in total. The van der Waals surface area contributed by atoms with Crippen LogP contribution in [0, 0.1) is 0 Å². The van der Waals surface area contributed by atoms with Crippen LogP contribution in [0.25, 0.3) is 0 Å². The lowest BCUT2D eigenvalue weighted by molar-refractivity contribution is 0.0982. The SMILES string of the molecule is CC(C)(C)c1ccccc1C(=O)C1CCCCS1. The highest BCUT2D eigenvalue weighted by atomic mass is 32.2. The van der Waals surface area contributed by atoms with Crippen LogP contribution in [0.5, 0.6) is 0 Å². The van der Waals surface area contributed by atoms with E-state index in [-0.39, 0.29) is 10.7 Å². The number of hydrogen-bond donors (Lipinski definition) is 0. The molecule has 1 aromatic rings. The molecule has 1 aliphatic rings. The highest BCUT2D eigenvalue weighted by Gasteiger charge is 2.27. The normalized spacial score (nSPS) is 20.7. The van der Waals surface area contributed by atoms with Gasteiger partial charge < -0.3 is 0 Å². The van der Waals surface area contributed by atoms with Crippen molar-refractivity contribution in [3.05, 3.63) is 35.4 Å². The molecule has 2 heteroatoms. The summed E-state index contributed by atoms with van der Waals surface area (Å²) in [5.74, 6) is 1.47. The Morgan fingerprint density at radius 2 is 1.94 bits per heavy atom. The van der Waals surface area contributed by atoms with Crippen molar-refractivity contribution in [2.75, 3.05) is 5.75 Å². The third kappa shape index (κ3) is 2.97. The second kappa shape index (κ2) is 5.48. The molecular weight excluding hydrogens is 240 g/mol. The lowest BCUT2D eigenvalue weighted by Gasteiger charge is -2.25. The Kier molecular flexibility index (Phi) is 4.16. The van der Waals surface area contributed by atoms with Crippen molar-refractivity contribution in [1.29, 1.82) is 0 Å². The predicted molar refractivity (Wildman–Crippen MR) is 79.6 cm³/mol. The lowest BCUT2D eigenvalue weighted by Crippen LogP contribution is -2.25. The summed E-state index contributed by atoms with van der Waals surface area (Å²) in [5, 5.41) is 0.183. The third-order valence-corrected chi connectivity index (χ3v) is 4.85. The van der Waals surface area contributed by atoms with Crippen LogP contribution >= 0.6 is 11.8 Å². The molecule has 1 atom stereocenters. The van der Waals surface area contributed by atoms with Crippen LogP contribution in [0.3, 0.4) is 0 Å². The Bertz CT molecular complexity index is 425. The van der Waals surface area contributed by atoms with E-state index < -0.39 is 0 Å². The molecule has 0 aromatic heterocycles. The minimum atomic E-state index is 0.0333. The van der Waals surface area contributed by atoms with Gasteiger partial charge in [0.1, 0.15) is 0 Å². The Morgan fingerprint density at radius 3 is 2.56 bits per heavy atom. The Balaban J connectivity index is 2.30. The summed E-state index contributed by atoms with van der Waals surface area (Å²) < 4.78 is 0. The maximum absolute atomic E-state index is 12.6. The molecule has 1 fully saturated rings. The van der Waals surface area contributed by atoms with Gasteiger partial charge in [0.25, 0.3) is 0 Å². The smallest absolute Gasteiger partial charge is 0.176 e. The average Bonchev–Trinajstić information content (AvgIpc) is 2.38. The van der Waals surface area contributed by atoms with Gasteiger partial charge in [0.2, 0.25) is 0 Å². The minimum absolute atomic E-state index is 0.0333. The van der Waals surface area contributed by atoms with Crippen LogP contribution in [0.1, 0.15) is 56.0 Å². The van der Waals surface area contributed by atoms with E-state index in [1.807, 2.05) is 30.0 Å². The first-order valence-corrected chi connectivity index (χ1v) is 7.80. The number of hydrogen-bond acceptors (Lipinski definition) is 2. The van der Waals surface area contributed by atoms with Gasteiger partial charge in [-0.3, -0.25) is 4.79 Å². The fraction of sp³-hybridized carbons (Fsp3) is 0.562. The van der Waals surface area contributed by atoms with Gasteiger partial charge in [0.15, 0.2) is 5.78 Å². The molecule has 0 N–H and O–H groups in total. The zero-order valence-corrected chi connectivity index (χ0v) is 12.3. The lowest BCUT2D eigenvalue weighted by atomic mass is 9.82. The summed E-state index contributed by atoms with van der Waals surface area (Å²) in [6.45, 7) is 6.52. The van der Waals surface area contributed by atoms with Gasteiger partial charge in [0, 0.05) is 5.56 Å². The molecular formula is C16H22OS. The summed E-state index contributed by atoms with van der Waals surface area (Å²) in [6, 6.07) is 8.11. The van der Waals surface area contributed by atoms with Gasteiger partial charge in [0.05, 0.1) is 5.25 Å². The highest BCUT2D eigenvalue weighted by molar-refractivity contribution is 8.00. The zero-order chi connectivity index (χ0) is 13.2. The number of ketones is 1. The van der Waals surface area contributed by atoms with Crippen LogP contribution in [0.2, 0.25) is 0 Å². The van der Waals surface area contributed by atoms with Crippen molar-refractivity contribution in [3.8, 4) is 0 Å². The number of carbonyl (C=O) groups is 1. The van der Waals surface area contributed by atoms with Crippen molar-refractivity contribution in [3.63, 3.8) is 0 Å². The van der Waals surface area contributed by atoms with Gasteiger partial charge in [-0.25, -0.2) is 0 Å². The number of Topliss-reactive ketones (excluding diaryl/α,β-unsaturated/α-hetero) is 1. The molecule has 1 unspecified atom stereocenters. The fourth-order valence-corrected chi connectivity index (χ4v) is 3.74. The van der Waals surface area contributed by atoms with E-state index in [0.29, 0.717) is 5.78 Å². The number of benzene rings is 1. The Labute approximate surface area is 114 Å². The fourth-order valence-electron chi connectivity index (χ4n) is 2.47. The molecule has 1 aromatic carbocycles. The van der Waals surface area contributed by atoms with Crippen LogP contribution < -0.4 is 0 Å². The standard InChI is InChI=1S/C16H22OS/c1-16(2,3)13-9-5-4-8-12(13)15(17)14-10-6-7-11-18-14/h4-5,8-9,14H,6-7,10-11H2,1-3H3. The third-order valence-electron chi connectivity index (χ3n) is 3.47. The first-order chi connectivity index (χ1) is 8.50. The number of thioether (sulfide) groups is 1. The van der Waals surface area contributed by atoms with Crippen molar-refractivity contribution in [2.24, 2.45) is 0 Å². The molecule has 0 radical (unpaired) electrons. The van der Waals surface area contributed by atoms with Crippen molar-refractivity contribution in [1.82, 2.24) is 0 Å². The predicted octanol–water partition coefficient (Wildman–Crippen LogP) is 4.45. The molecule has 0 bridgehead atoms. The first-order valence-electron chi connectivity index (χ1n) is 6.75. The number of rotatable bonds is 2. The van der Waals surface area contributed by atoms with Gasteiger partial charge in [-0.1, -0.05) is 51.5 Å². The molecule has 0 spiro atoms. The summed E-state index contributed by atoms with van der Waals surface area (Å²) in [7, 11) is 0. The van der Waals surface area contributed by atoms with E-state index in [2.05, 4.69) is 26.8 Å². The van der Waals surface area contributed by atoms with Gasteiger partial charge in [-0.2, -0.15) is 11.8 Å². The maximum atomic E-state index is 12.6. The number of carbonyl (C=O) groups excluding carboxylic acids is 1. The summed E-state index contributed by atoms with van der Waals surface area (Å²) in [4.78, 5) is 12.6. The maximum Gasteiger partial charge on any atom is 0.176 e. The largest absolute Gasteiger partial charge is 0.293 e. The second-order valence-electron chi connectivity index (χ2n) is 6.02. The molecule has 0 amide bonds. The molecule has 1 aliphatic heterocycles. The molecule has 2 rings (SSSR count). The summed E-state index contributed by atoms with van der Waals surface area (Å²) in [6.07, 6.45) is 3.50. The van der Waals surface area contributed by atoms with Crippen molar-refractivity contribution >= 4 is 17.5 Å².